The van der Waals surface area contributed by atoms with Gasteiger partial charge >= 0.3 is 0 Å². The van der Waals surface area contributed by atoms with Gasteiger partial charge in [0.05, 0.1) is 18.9 Å². The molecule has 1 fully saturated rings. The molecule has 0 bridgehead atoms. The van der Waals surface area contributed by atoms with Crippen LogP contribution in [0.5, 0.6) is 0 Å². The molecule has 1 aliphatic heterocycles. The molecular weight excluding hydrogens is 386 g/mol. The minimum atomic E-state index is -2.55. The number of fused-ring (bicyclic) bond motifs is 1. The highest BCUT2D eigenvalue weighted by Crippen LogP contribution is 2.24. The fraction of sp³-hybridized carbons (Fsp3) is 0.389. The van der Waals surface area contributed by atoms with Gasteiger partial charge in [0.1, 0.15) is 17.2 Å². The first-order valence-electron chi connectivity index (χ1n) is 8.86. The standard InChI is InChI=1S/C18H20F2N6OS/c1-28-23-8-13-11-25(6-7-27-13)16-4-5-21-18(24-16)14-9-22-15-3-2-12(17(19)20)10-26(14)15/h2-5,9-10,13,17,23H,6-8,11H2,1H3. The predicted molar refractivity (Wildman–Crippen MR) is 105 cm³/mol. The molecule has 4 heterocycles. The summed E-state index contributed by atoms with van der Waals surface area (Å²) in [5.74, 6) is 1.23. The Balaban J connectivity index is 1.62. The first-order chi connectivity index (χ1) is 13.7. The van der Waals surface area contributed by atoms with Crippen LogP contribution < -0.4 is 9.62 Å². The number of aromatic nitrogens is 4. The average Bonchev–Trinajstić information content (AvgIpc) is 3.16. The molecule has 0 radical (unpaired) electrons. The summed E-state index contributed by atoms with van der Waals surface area (Å²) in [6.07, 6.45) is 4.17. The quantitative estimate of drug-likeness (QED) is 0.632. The lowest BCUT2D eigenvalue weighted by Gasteiger charge is -2.33. The van der Waals surface area contributed by atoms with Gasteiger partial charge in [-0.1, -0.05) is 11.9 Å². The lowest BCUT2D eigenvalue weighted by Crippen LogP contribution is -2.46. The fourth-order valence-corrected chi connectivity index (χ4v) is 3.52. The average molecular weight is 406 g/mol. The Labute approximate surface area is 165 Å². The van der Waals surface area contributed by atoms with Gasteiger partial charge in [-0.3, -0.25) is 9.12 Å². The maximum atomic E-state index is 13.1. The van der Waals surface area contributed by atoms with Crippen molar-refractivity contribution in [2.75, 3.05) is 37.4 Å². The first-order valence-corrected chi connectivity index (χ1v) is 10.1. The van der Waals surface area contributed by atoms with Crippen molar-refractivity contribution in [1.82, 2.24) is 24.1 Å². The maximum absolute atomic E-state index is 13.1. The highest BCUT2D eigenvalue weighted by molar-refractivity contribution is 7.96. The van der Waals surface area contributed by atoms with Gasteiger partial charge in [-0.15, -0.1) is 0 Å². The lowest BCUT2D eigenvalue weighted by atomic mass is 10.2. The Morgan fingerprint density at radius 1 is 1.32 bits per heavy atom. The summed E-state index contributed by atoms with van der Waals surface area (Å²) in [7, 11) is 0. The van der Waals surface area contributed by atoms with Crippen LogP contribution in [0.25, 0.3) is 17.2 Å². The second kappa shape index (κ2) is 8.38. The molecule has 1 saturated heterocycles. The predicted octanol–water partition coefficient (Wildman–Crippen LogP) is 2.80. The molecule has 10 heteroatoms. The summed E-state index contributed by atoms with van der Waals surface area (Å²) in [5.41, 5.74) is 1.08. The minimum absolute atomic E-state index is 0.0692. The molecule has 28 heavy (non-hydrogen) atoms. The van der Waals surface area contributed by atoms with Crippen molar-refractivity contribution in [2.24, 2.45) is 0 Å². The Hall–Kier alpha value is -2.30. The zero-order valence-corrected chi connectivity index (χ0v) is 16.1. The van der Waals surface area contributed by atoms with E-state index in [1.54, 1.807) is 34.8 Å². The van der Waals surface area contributed by atoms with E-state index in [9.17, 15) is 8.78 Å². The van der Waals surface area contributed by atoms with Crippen LogP contribution in [0, 0.1) is 0 Å². The van der Waals surface area contributed by atoms with Gasteiger partial charge in [0.25, 0.3) is 6.43 Å². The van der Waals surface area contributed by atoms with Crippen molar-refractivity contribution in [1.29, 1.82) is 0 Å². The monoisotopic (exact) mass is 406 g/mol. The summed E-state index contributed by atoms with van der Waals surface area (Å²) in [5, 5.41) is 0. The molecule has 0 amide bonds. The van der Waals surface area contributed by atoms with E-state index >= 15 is 0 Å². The number of hydrogen-bond acceptors (Lipinski definition) is 7. The number of nitrogens with one attached hydrogen (secondary N) is 1. The number of nitrogens with zero attached hydrogens (tertiary/aromatic N) is 5. The van der Waals surface area contributed by atoms with E-state index in [-0.39, 0.29) is 11.7 Å². The molecule has 0 spiro atoms. The van der Waals surface area contributed by atoms with Crippen molar-refractivity contribution in [3.63, 3.8) is 0 Å². The van der Waals surface area contributed by atoms with Crippen LogP contribution in [0.1, 0.15) is 12.0 Å². The molecule has 1 N–H and O–H groups in total. The third kappa shape index (κ3) is 3.94. The van der Waals surface area contributed by atoms with E-state index < -0.39 is 6.43 Å². The number of anilines is 1. The van der Waals surface area contributed by atoms with E-state index in [2.05, 4.69) is 24.6 Å². The summed E-state index contributed by atoms with van der Waals surface area (Å²) in [6.45, 7) is 2.81. The summed E-state index contributed by atoms with van der Waals surface area (Å²) >= 11 is 1.56. The van der Waals surface area contributed by atoms with Gasteiger partial charge in [-0.2, -0.15) is 0 Å². The molecular formula is C18H20F2N6OS. The largest absolute Gasteiger partial charge is 0.373 e. The fourth-order valence-electron chi connectivity index (χ4n) is 3.17. The van der Waals surface area contributed by atoms with Crippen molar-refractivity contribution in [3.05, 3.63) is 42.4 Å². The molecule has 4 rings (SSSR count). The Bertz CT molecular complexity index is 953. The molecule has 0 saturated carbocycles. The minimum Gasteiger partial charge on any atom is -0.373 e. The topological polar surface area (TPSA) is 67.6 Å². The van der Waals surface area contributed by atoms with E-state index in [0.29, 0.717) is 30.3 Å². The SMILES string of the molecule is CSNCC1CN(c2ccnc(-c3cnc4ccc(C(F)F)cn34)n2)CCO1. The van der Waals surface area contributed by atoms with E-state index in [0.717, 1.165) is 18.9 Å². The smallest absolute Gasteiger partial charge is 0.265 e. The Morgan fingerprint density at radius 3 is 3.04 bits per heavy atom. The summed E-state index contributed by atoms with van der Waals surface area (Å²) in [4.78, 5) is 15.4. The zero-order chi connectivity index (χ0) is 19.5. The highest BCUT2D eigenvalue weighted by Gasteiger charge is 2.22. The Morgan fingerprint density at radius 2 is 2.21 bits per heavy atom. The number of pyridine rings is 1. The lowest BCUT2D eigenvalue weighted by molar-refractivity contribution is 0.0444. The van der Waals surface area contributed by atoms with Gasteiger partial charge in [-0.25, -0.2) is 23.7 Å². The van der Waals surface area contributed by atoms with Gasteiger partial charge in [0, 0.05) is 37.6 Å². The van der Waals surface area contributed by atoms with E-state index in [1.165, 1.54) is 12.3 Å². The van der Waals surface area contributed by atoms with Crippen molar-refractivity contribution >= 4 is 23.4 Å². The van der Waals surface area contributed by atoms with Crippen LogP contribution in [-0.2, 0) is 4.74 Å². The second-order valence-corrected chi connectivity index (χ2v) is 7.06. The molecule has 7 nitrogen and oxygen atoms in total. The molecule has 1 unspecified atom stereocenters. The number of alkyl halides is 2. The Kier molecular flexibility index (Phi) is 5.69. The molecule has 1 atom stereocenters. The highest BCUT2D eigenvalue weighted by atomic mass is 32.2. The van der Waals surface area contributed by atoms with Crippen LogP contribution in [0.2, 0.25) is 0 Å². The van der Waals surface area contributed by atoms with Crippen LogP contribution in [-0.4, -0.2) is 58.0 Å². The third-order valence-corrected chi connectivity index (χ3v) is 5.02. The summed E-state index contributed by atoms with van der Waals surface area (Å²) in [6, 6.07) is 4.80. The van der Waals surface area contributed by atoms with Gasteiger partial charge in [-0.05, 0) is 24.5 Å². The molecule has 1 aliphatic rings. The second-order valence-electron chi connectivity index (χ2n) is 6.36. The van der Waals surface area contributed by atoms with Crippen LogP contribution >= 0.6 is 11.9 Å². The van der Waals surface area contributed by atoms with Gasteiger partial charge < -0.3 is 9.64 Å². The van der Waals surface area contributed by atoms with E-state index in [4.69, 9.17) is 4.74 Å². The normalized spacial score (nSPS) is 17.6. The molecule has 148 valence electrons. The number of morpholine rings is 1. The number of rotatable bonds is 6. The van der Waals surface area contributed by atoms with Crippen LogP contribution in [0.3, 0.4) is 0 Å². The molecule has 3 aromatic heterocycles. The molecule has 0 aromatic carbocycles. The maximum Gasteiger partial charge on any atom is 0.265 e. The summed E-state index contributed by atoms with van der Waals surface area (Å²) < 4.78 is 36.8. The van der Waals surface area contributed by atoms with Crippen LogP contribution in [0.4, 0.5) is 14.6 Å². The molecule has 0 aliphatic carbocycles. The van der Waals surface area contributed by atoms with Crippen molar-refractivity contribution in [3.8, 4) is 11.5 Å². The molecule has 3 aromatic rings. The van der Waals surface area contributed by atoms with Crippen molar-refractivity contribution in [2.45, 2.75) is 12.5 Å². The third-order valence-electron chi connectivity index (χ3n) is 4.57. The number of imidazole rings is 1. The van der Waals surface area contributed by atoms with Gasteiger partial charge in [0.15, 0.2) is 5.82 Å². The van der Waals surface area contributed by atoms with Gasteiger partial charge in [0.2, 0.25) is 0 Å². The van der Waals surface area contributed by atoms with Crippen molar-refractivity contribution < 1.29 is 13.5 Å². The van der Waals surface area contributed by atoms with E-state index in [1.807, 2.05) is 12.3 Å². The number of hydrogen-bond donors (Lipinski definition) is 1. The van der Waals surface area contributed by atoms with Crippen LogP contribution in [0.15, 0.2) is 36.8 Å². The zero-order valence-electron chi connectivity index (χ0n) is 15.3. The number of halogens is 2. The first kappa shape index (κ1) is 19.0. The number of ether oxygens (including phenoxy) is 1.